The second kappa shape index (κ2) is 7.91. The molecule has 0 spiro atoms. The average Bonchev–Trinajstić information content (AvgIpc) is 2.60. The molecule has 3 atom stereocenters. The van der Waals surface area contributed by atoms with Gasteiger partial charge in [0.25, 0.3) is 0 Å². The predicted octanol–water partition coefficient (Wildman–Crippen LogP) is 4.44. The average molecular weight is 417 g/mol. The fourth-order valence-electron chi connectivity index (χ4n) is 3.51. The molecule has 1 fully saturated rings. The van der Waals surface area contributed by atoms with E-state index in [1.807, 2.05) is 0 Å². The summed E-state index contributed by atoms with van der Waals surface area (Å²) in [6, 6.07) is 7.08. The van der Waals surface area contributed by atoms with Crippen molar-refractivity contribution >= 4 is 36.9 Å². The van der Waals surface area contributed by atoms with Gasteiger partial charge in [-0.05, 0) is 0 Å². The molecule has 1 aliphatic rings. The van der Waals surface area contributed by atoms with Gasteiger partial charge in [-0.15, -0.1) is 0 Å². The third kappa shape index (κ3) is 3.95. The fourth-order valence-corrected chi connectivity index (χ4v) is 5.80. The van der Waals surface area contributed by atoms with E-state index in [9.17, 15) is 17.4 Å². The Morgan fingerprint density at radius 2 is 1.96 bits per heavy atom. The zero-order valence-corrected chi connectivity index (χ0v) is 16.6. The number of halogens is 1. The molecule has 0 N–H and O–H groups in total. The van der Waals surface area contributed by atoms with E-state index in [0.717, 1.165) is 25.7 Å². The summed E-state index contributed by atoms with van der Waals surface area (Å²) in [6.45, 7) is 0. The summed E-state index contributed by atoms with van der Waals surface area (Å²) >= 11 is 0. The van der Waals surface area contributed by atoms with Gasteiger partial charge in [0, 0.05) is 0 Å². The Balaban J connectivity index is 2.13. The summed E-state index contributed by atoms with van der Waals surface area (Å²) in [5, 5.41) is 0.553. The minimum atomic E-state index is -4.25. The van der Waals surface area contributed by atoms with Crippen LogP contribution in [-0.4, -0.2) is 26.2 Å². The second-order valence-electron chi connectivity index (χ2n) is 6.14. The minimum absolute atomic E-state index is 0.0712. The van der Waals surface area contributed by atoms with Crippen molar-refractivity contribution in [2.45, 2.75) is 42.7 Å². The van der Waals surface area contributed by atoms with E-state index in [1.54, 1.807) is 23.8 Å². The van der Waals surface area contributed by atoms with E-state index < -0.39 is 17.7 Å². The fraction of sp³-hybridized carbons (Fsp3) is 0.438. The molecule has 1 aliphatic carbocycles. The normalized spacial score (nSPS) is 21.7. The topological polar surface area (TPSA) is 74.6 Å². The maximum absolute atomic E-state index is 12.9. The molecule has 6 nitrogen and oxygen atoms in total. The third-order valence-corrected chi connectivity index (χ3v) is 7.36. The first kappa shape index (κ1) is 19.7. The van der Waals surface area contributed by atoms with E-state index in [0.29, 0.717) is 10.9 Å². The summed E-state index contributed by atoms with van der Waals surface area (Å²) < 4.78 is 48.6. The molecule has 0 aliphatic heterocycles. The number of benzene rings is 1. The van der Waals surface area contributed by atoms with Crippen molar-refractivity contribution in [1.82, 2.24) is 4.57 Å². The number of nitrogens with zero attached hydrogens (tertiary/aromatic N) is 1. The number of pyridine rings is 1. The van der Waals surface area contributed by atoms with Gasteiger partial charge < -0.3 is 0 Å². The van der Waals surface area contributed by atoms with E-state index in [4.69, 9.17) is 4.74 Å². The molecule has 1 heterocycles. The van der Waals surface area contributed by atoms with Crippen LogP contribution in [0, 0.1) is 0 Å². The van der Waals surface area contributed by atoms with Gasteiger partial charge in [-0.2, -0.15) is 0 Å². The molecular formula is C16H18FNO5P2S. The molecule has 1 aromatic heterocycles. The SMILES string of the molecule is CO[C@H]1CCCCC1n1c(=O)ccc2cc(S(=O)(=O)OP(F)#P)ccc21. The van der Waals surface area contributed by atoms with Gasteiger partial charge in [-0.25, -0.2) is 0 Å². The standard InChI is InChI=1S/C16H18FNO5P2S/c1-22-15-5-3-2-4-14(15)18-13-8-7-12(26(20,21)23-25(17)24)10-11(13)6-9-16(18)19/h6-10,14-15H,2-5H2,1H3/t14?,15-/m0/s1. The zero-order chi connectivity index (χ0) is 18.9. The first-order valence-electron chi connectivity index (χ1n) is 8.11. The van der Waals surface area contributed by atoms with Crippen molar-refractivity contribution in [2.24, 2.45) is 0 Å². The summed E-state index contributed by atoms with van der Waals surface area (Å²) in [5.74, 6) is 0. The Hall–Kier alpha value is -1.04. The zero-order valence-electron chi connectivity index (χ0n) is 14.0. The van der Waals surface area contributed by atoms with Crippen molar-refractivity contribution in [3.8, 4) is 0 Å². The Morgan fingerprint density at radius 1 is 1.23 bits per heavy atom. The molecule has 140 valence electrons. The van der Waals surface area contributed by atoms with Gasteiger partial charge in [-0.3, -0.25) is 0 Å². The molecule has 0 radical (unpaired) electrons. The monoisotopic (exact) mass is 417 g/mol. The summed E-state index contributed by atoms with van der Waals surface area (Å²) in [7, 11) is -2.09. The van der Waals surface area contributed by atoms with Gasteiger partial charge in [-0.1, -0.05) is 0 Å². The molecule has 1 saturated carbocycles. The number of hydrogen-bond acceptors (Lipinski definition) is 5. The molecule has 0 saturated heterocycles. The first-order valence-corrected chi connectivity index (χ1v) is 11.8. The molecule has 26 heavy (non-hydrogen) atoms. The van der Waals surface area contributed by atoms with E-state index in [-0.39, 0.29) is 22.6 Å². The van der Waals surface area contributed by atoms with Crippen molar-refractivity contribution < 1.29 is 21.3 Å². The van der Waals surface area contributed by atoms with Crippen molar-refractivity contribution in [3.63, 3.8) is 0 Å². The van der Waals surface area contributed by atoms with Crippen LogP contribution in [-0.2, 0) is 18.8 Å². The van der Waals surface area contributed by atoms with Crippen LogP contribution >= 0.6 is 15.9 Å². The van der Waals surface area contributed by atoms with Crippen LogP contribution in [0.5, 0.6) is 0 Å². The van der Waals surface area contributed by atoms with Crippen LogP contribution in [0.25, 0.3) is 10.9 Å². The third-order valence-electron chi connectivity index (χ3n) is 4.65. The predicted molar refractivity (Wildman–Crippen MR) is 99.7 cm³/mol. The van der Waals surface area contributed by atoms with Crippen LogP contribution in [0.2, 0.25) is 0 Å². The number of fused-ring (bicyclic) bond motifs is 1. The molecule has 0 amide bonds. The van der Waals surface area contributed by atoms with Crippen molar-refractivity contribution in [3.05, 3.63) is 40.7 Å². The quantitative estimate of drug-likeness (QED) is 0.688. The van der Waals surface area contributed by atoms with Crippen LogP contribution in [0.4, 0.5) is 4.20 Å². The van der Waals surface area contributed by atoms with E-state index in [1.165, 1.54) is 18.2 Å². The van der Waals surface area contributed by atoms with E-state index >= 15 is 0 Å². The van der Waals surface area contributed by atoms with Crippen molar-refractivity contribution in [2.75, 3.05) is 7.11 Å². The number of ether oxygens (including phenoxy) is 1. The van der Waals surface area contributed by atoms with Gasteiger partial charge >= 0.3 is 153 Å². The Kier molecular flexibility index (Phi) is 6.00. The second-order valence-corrected chi connectivity index (χ2v) is 9.51. The van der Waals surface area contributed by atoms with Gasteiger partial charge in [0.2, 0.25) is 0 Å². The Labute approximate surface area is 153 Å². The first-order chi connectivity index (χ1) is 12.3. The molecule has 3 rings (SSSR count). The van der Waals surface area contributed by atoms with Gasteiger partial charge in [0.05, 0.1) is 0 Å². The van der Waals surface area contributed by atoms with Gasteiger partial charge in [0.15, 0.2) is 0 Å². The molecule has 2 unspecified atom stereocenters. The molecule has 2 aromatic rings. The number of hydrogen-bond donors (Lipinski definition) is 0. The van der Waals surface area contributed by atoms with Gasteiger partial charge in [0.1, 0.15) is 0 Å². The summed E-state index contributed by atoms with van der Waals surface area (Å²) in [5.41, 5.74) is 0.444. The maximum atomic E-state index is 12.9. The van der Waals surface area contributed by atoms with Crippen molar-refractivity contribution in [1.29, 1.82) is 0 Å². The van der Waals surface area contributed by atoms with E-state index in [2.05, 4.69) is 12.3 Å². The molecular weight excluding hydrogens is 399 g/mol. The number of methoxy groups -OCH3 is 1. The summed E-state index contributed by atoms with van der Waals surface area (Å²) in [6.07, 6.45) is 3.65. The van der Waals surface area contributed by atoms with Crippen LogP contribution in [0.15, 0.2) is 40.0 Å². The molecule has 0 bridgehead atoms. The summed E-state index contributed by atoms with van der Waals surface area (Å²) in [4.78, 5) is 12.3. The molecule has 1 aromatic carbocycles. The Bertz CT molecular complexity index is 1060. The molecule has 10 heteroatoms. The van der Waals surface area contributed by atoms with Crippen LogP contribution in [0.3, 0.4) is 0 Å². The number of rotatable bonds is 4. The van der Waals surface area contributed by atoms with Crippen LogP contribution < -0.4 is 5.56 Å². The Morgan fingerprint density at radius 3 is 2.65 bits per heavy atom. The van der Waals surface area contributed by atoms with Crippen LogP contribution in [0.1, 0.15) is 31.7 Å². The number of aromatic nitrogens is 1.